The van der Waals surface area contributed by atoms with Gasteiger partial charge >= 0.3 is 5.97 Å². The summed E-state index contributed by atoms with van der Waals surface area (Å²) < 4.78 is 0.863. The predicted octanol–water partition coefficient (Wildman–Crippen LogP) is 2.84. The number of hydrogen-bond donors (Lipinski definition) is 1. The lowest BCUT2D eigenvalue weighted by atomic mass is 10.2. The van der Waals surface area contributed by atoms with Crippen LogP contribution in [0.5, 0.6) is 0 Å². The van der Waals surface area contributed by atoms with Gasteiger partial charge in [-0.05, 0) is 33.6 Å². The van der Waals surface area contributed by atoms with E-state index in [0.717, 1.165) is 21.8 Å². The van der Waals surface area contributed by atoms with Crippen molar-refractivity contribution in [3.63, 3.8) is 0 Å². The van der Waals surface area contributed by atoms with Crippen LogP contribution in [0.2, 0.25) is 0 Å². The first-order chi connectivity index (χ1) is 6.63. The minimum absolute atomic E-state index is 0.663. The van der Waals surface area contributed by atoms with Crippen molar-refractivity contribution in [1.82, 2.24) is 4.98 Å². The summed E-state index contributed by atoms with van der Waals surface area (Å²) in [5.41, 5.74) is 1.64. The molecule has 0 aromatic carbocycles. The van der Waals surface area contributed by atoms with Crippen LogP contribution in [0.3, 0.4) is 0 Å². The fraction of sp³-hybridized carbons (Fsp3) is 0.111. The zero-order valence-corrected chi connectivity index (χ0v) is 10.2. The number of halogens is 2. The molecular formula is C9H7Br2NO2. The summed E-state index contributed by atoms with van der Waals surface area (Å²) >= 11 is 6.63. The average molecular weight is 321 g/mol. The van der Waals surface area contributed by atoms with Gasteiger partial charge in [0, 0.05) is 22.1 Å². The van der Waals surface area contributed by atoms with Crippen LogP contribution in [0.15, 0.2) is 22.8 Å². The largest absolute Gasteiger partial charge is 0.478 e. The second-order valence-electron chi connectivity index (χ2n) is 2.50. The molecule has 5 heteroatoms. The number of alkyl halides is 1. The van der Waals surface area contributed by atoms with Gasteiger partial charge in [0.15, 0.2) is 0 Å². The van der Waals surface area contributed by atoms with Crippen LogP contribution in [-0.2, 0) is 10.1 Å². The maximum Gasteiger partial charge on any atom is 0.328 e. The highest BCUT2D eigenvalue weighted by molar-refractivity contribution is 9.10. The van der Waals surface area contributed by atoms with E-state index in [-0.39, 0.29) is 0 Å². The fourth-order valence-electron chi connectivity index (χ4n) is 0.838. The lowest BCUT2D eigenvalue weighted by Gasteiger charge is -1.99. The predicted molar refractivity (Wildman–Crippen MR) is 61.2 cm³/mol. The van der Waals surface area contributed by atoms with E-state index in [1.807, 2.05) is 6.07 Å². The van der Waals surface area contributed by atoms with Gasteiger partial charge in [0.2, 0.25) is 0 Å². The molecular weight excluding hydrogens is 314 g/mol. The van der Waals surface area contributed by atoms with Crippen molar-refractivity contribution in [2.45, 2.75) is 5.33 Å². The summed E-state index contributed by atoms with van der Waals surface area (Å²) in [5.74, 6) is -0.967. The Morgan fingerprint density at radius 2 is 2.36 bits per heavy atom. The van der Waals surface area contributed by atoms with E-state index in [1.165, 1.54) is 6.08 Å². The Labute approximate surface area is 98.1 Å². The summed E-state index contributed by atoms with van der Waals surface area (Å²) in [5, 5.41) is 9.08. The molecule has 0 aliphatic rings. The van der Waals surface area contributed by atoms with E-state index in [1.54, 1.807) is 6.20 Å². The summed E-state index contributed by atoms with van der Waals surface area (Å²) in [6, 6.07) is 1.82. The Balaban J connectivity index is 2.91. The molecule has 0 amide bonds. The van der Waals surface area contributed by atoms with Crippen LogP contribution < -0.4 is 0 Å². The Kier molecular flexibility index (Phi) is 4.28. The Hall–Kier alpha value is -0.680. The lowest BCUT2D eigenvalue weighted by Crippen LogP contribution is -1.89. The van der Waals surface area contributed by atoms with Crippen LogP contribution in [0.4, 0.5) is 0 Å². The lowest BCUT2D eigenvalue weighted by molar-refractivity contribution is -0.131. The molecule has 0 aliphatic heterocycles. The van der Waals surface area contributed by atoms with E-state index in [4.69, 9.17) is 5.11 Å². The van der Waals surface area contributed by atoms with Gasteiger partial charge in [0.1, 0.15) is 0 Å². The molecule has 0 atom stereocenters. The molecule has 0 spiro atoms. The van der Waals surface area contributed by atoms with E-state index >= 15 is 0 Å². The summed E-state index contributed by atoms with van der Waals surface area (Å²) in [4.78, 5) is 14.4. The molecule has 0 unspecified atom stereocenters. The Bertz CT molecular complexity index is 377. The van der Waals surface area contributed by atoms with Crippen LogP contribution in [0.25, 0.3) is 6.08 Å². The highest BCUT2D eigenvalue weighted by Crippen LogP contribution is 2.18. The molecule has 0 radical (unpaired) electrons. The second kappa shape index (κ2) is 5.26. The van der Waals surface area contributed by atoms with Gasteiger partial charge in [-0.15, -0.1) is 0 Å². The molecule has 1 heterocycles. The molecule has 1 aromatic rings. The highest BCUT2D eigenvalue weighted by atomic mass is 79.9. The SMILES string of the molecule is O=C(O)/C=C/c1cnc(CBr)c(Br)c1. The van der Waals surface area contributed by atoms with Gasteiger partial charge in [-0.1, -0.05) is 15.9 Å². The first kappa shape index (κ1) is 11.4. The third-order valence-corrected chi connectivity index (χ3v) is 2.70. The molecule has 1 aromatic heterocycles. The van der Waals surface area contributed by atoms with E-state index in [0.29, 0.717) is 5.33 Å². The number of carboxylic acids is 1. The maximum atomic E-state index is 10.3. The number of aliphatic carboxylic acids is 1. The smallest absolute Gasteiger partial charge is 0.328 e. The zero-order chi connectivity index (χ0) is 10.6. The Morgan fingerprint density at radius 3 is 2.86 bits per heavy atom. The number of nitrogens with zero attached hydrogens (tertiary/aromatic N) is 1. The quantitative estimate of drug-likeness (QED) is 0.688. The minimum atomic E-state index is -0.967. The van der Waals surface area contributed by atoms with Gasteiger partial charge in [0.05, 0.1) is 5.69 Å². The normalized spacial score (nSPS) is 10.7. The van der Waals surface area contributed by atoms with Gasteiger partial charge in [-0.25, -0.2) is 4.79 Å². The molecule has 74 valence electrons. The molecule has 0 saturated heterocycles. The van der Waals surface area contributed by atoms with Crippen molar-refractivity contribution in [3.8, 4) is 0 Å². The molecule has 0 aliphatic carbocycles. The molecule has 0 bridgehead atoms. The van der Waals surface area contributed by atoms with Crippen molar-refractivity contribution in [3.05, 3.63) is 34.1 Å². The van der Waals surface area contributed by atoms with E-state index < -0.39 is 5.97 Å². The number of carbonyl (C=O) groups is 1. The Morgan fingerprint density at radius 1 is 1.64 bits per heavy atom. The van der Waals surface area contributed by atoms with Gasteiger partial charge in [-0.2, -0.15) is 0 Å². The monoisotopic (exact) mass is 319 g/mol. The fourth-order valence-corrected chi connectivity index (χ4v) is 2.17. The number of rotatable bonds is 3. The first-order valence-electron chi connectivity index (χ1n) is 3.75. The van der Waals surface area contributed by atoms with Crippen molar-refractivity contribution in [1.29, 1.82) is 0 Å². The van der Waals surface area contributed by atoms with Crippen LogP contribution in [-0.4, -0.2) is 16.1 Å². The molecule has 0 fully saturated rings. The van der Waals surface area contributed by atoms with Crippen molar-refractivity contribution in [2.24, 2.45) is 0 Å². The molecule has 0 saturated carbocycles. The number of aromatic nitrogens is 1. The number of carboxylic acid groups (broad SMARTS) is 1. The maximum absolute atomic E-state index is 10.3. The van der Waals surface area contributed by atoms with Crippen molar-refractivity contribution in [2.75, 3.05) is 0 Å². The molecule has 1 N–H and O–H groups in total. The standard InChI is InChI=1S/C9H7Br2NO2/c10-4-8-7(11)3-6(5-12-8)1-2-9(13)14/h1-3,5H,4H2,(H,13,14)/b2-1+. The van der Waals surface area contributed by atoms with Crippen LogP contribution in [0.1, 0.15) is 11.3 Å². The van der Waals surface area contributed by atoms with E-state index in [9.17, 15) is 4.79 Å². The van der Waals surface area contributed by atoms with Gasteiger partial charge in [-0.3, -0.25) is 4.98 Å². The minimum Gasteiger partial charge on any atom is -0.478 e. The average Bonchev–Trinajstić information content (AvgIpc) is 2.15. The third-order valence-electron chi connectivity index (χ3n) is 1.48. The first-order valence-corrected chi connectivity index (χ1v) is 5.66. The third kappa shape index (κ3) is 3.23. The van der Waals surface area contributed by atoms with Gasteiger partial charge in [0.25, 0.3) is 0 Å². The summed E-state index contributed by atoms with van der Waals surface area (Å²) in [6.45, 7) is 0. The zero-order valence-electron chi connectivity index (χ0n) is 7.08. The second-order valence-corrected chi connectivity index (χ2v) is 3.92. The van der Waals surface area contributed by atoms with Crippen LogP contribution in [0, 0.1) is 0 Å². The number of hydrogen-bond acceptors (Lipinski definition) is 2. The molecule has 14 heavy (non-hydrogen) atoms. The summed E-state index contributed by atoms with van der Waals surface area (Å²) in [7, 11) is 0. The van der Waals surface area contributed by atoms with E-state index in [2.05, 4.69) is 36.8 Å². The molecule has 3 nitrogen and oxygen atoms in total. The number of pyridine rings is 1. The van der Waals surface area contributed by atoms with Gasteiger partial charge < -0.3 is 5.11 Å². The topological polar surface area (TPSA) is 50.2 Å². The van der Waals surface area contributed by atoms with Crippen molar-refractivity contribution < 1.29 is 9.90 Å². The van der Waals surface area contributed by atoms with Crippen molar-refractivity contribution >= 4 is 43.9 Å². The highest BCUT2D eigenvalue weighted by Gasteiger charge is 1.99. The van der Waals surface area contributed by atoms with Crippen LogP contribution >= 0.6 is 31.9 Å². The summed E-state index contributed by atoms with van der Waals surface area (Å²) in [6.07, 6.45) is 4.20. The molecule has 1 rings (SSSR count).